The third-order valence-corrected chi connectivity index (χ3v) is 12.3. The van der Waals surface area contributed by atoms with Gasteiger partial charge in [-0.25, -0.2) is 0 Å². The van der Waals surface area contributed by atoms with E-state index in [9.17, 15) is 8.42 Å². The van der Waals surface area contributed by atoms with Crippen LogP contribution in [0.2, 0.25) is 5.32 Å². The second kappa shape index (κ2) is 14.9. The van der Waals surface area contributed by atoms with Crippen LogP contribution < -0.4 is 13.9 Å². The van der Waals surface area contributed by atoms with Crippen molar-refractivity contribution in [3.05, 3.63) is 150 Å². The molecule has 4 nitrogen and oxygen atoms in total. The van der Waals surface area contributed by atoms with E-state index in [-0.39, 0.29) is 26.9 Å². The van der Waals surface area contributed by atoms with Crippen molar-refractivity contribution in [1.29, 1.82) is 0 Å². The molecule has 0 fully saturated rings. The van der Waals surface area contributed by atoms with Crippen LogP contribution >= 0.6 is 0 Å². The first-order valence-corrected chi connectivity index (χ1v) is 18.4. The molecule has 4 atom stereocenters. The predicted octanol–water partition coefficient (Wildman–Crippen LogP) is 7.06. The van der Waals surface area contributed by atoms with Crippen molar-refractivity contribution < 1.29 is 13.2 Å². The molecule has 0 aliphatic rings. The molecule has 43 heavy (non-hydrogen) atoms. The molecule has 5 aromatic carbocycles. The Morgan fingerprint density at radius 3 is 1.91 bits per heavy atom. The third-order valence-electron chi connectivity index (χ3n) is 7.27. The Labute approximate surface area is 266 Å². The molecule has 0 saturated carbocycles. The average Bonchev–Trinajstić information content (AvgIpc) is 3.05. The minimum absolute atomic E-state index is 0.113. The van der Waals surface area contributed by atoms with Crippen LogP contribution in [0.5, 0.6) is 5.75 Å². The van der Waals surface area contributed by atoms with Crippen LogP contribution in [0, 0.1) is 13.8 Å². The van der Waals surface area contributed by atoms with Gasteiger partial charge in [-0.3, -0.25) is 0 Å². The van der Waals surface area contributed by atoms with Gasteiger partial charge in [0.15, 0.2) is 0 Å². The number of hydrogen-bond donors (Lipinski definition) is 1. The summed E-state index contributed by atoms with van der Waals surface area (Å²) in [6.45, 7) is 4.05. The van der Waals surface area contributed by atoms with E-state index in [2.05, 4.69) is 35.1 Å². The molecule has 0 heterocycles. The van der Waals surface area contributed by atoms with E-state index in [4.69, 9.17) is 4.74 Å². The second-order valence-corrected chi connectivity index (χ2v) is 15.3. The van der Waals surface area contributed by atoms with Gasteiger partial charge in [-0.2, -0.15) is 0 Å². The van der Waals surface area contributed by atoms with Gasteiger partial charge in [0.05, 0.1) is 0 Å². The van der Waals surface area contributed by atoms with E-state index >= 15 is 0 Å². The topological polar surface area (TPSA) is 55.4 Å². The number of ether oxygens (including phenoxy) is 1. The molecule has 7 heteroatoms. The van der Waals surface area contributed by atoms with Gasteiger partial charge in [0.25, 0.3) is 0 Å². The molecule has 2 unspecified atom stereocenters. The van der Waals surface area contributed by atoms with Crippen LogP contribution in [0.15, 0.2) is 142 Å². The Morgan fingerprint density at radius 1 is 0.698 bits per heavy atom. The van der Waals surface area contributed by atoms with Gasteiger partial charge in [-0.15, -0.1) is 0 Å². The van der Waals surface area contributed by atoms with Crippen molar-refractivity contribution in [2.24, 2.45) is 0 Å². The van der Waals surface area contributed by atoms with Crippen LogP contribution in [0.25, 0.3) is 0 Å². The van der Waals surface area contributed by atoms with E-state index in [0.29, 0.717) is 4.90 Å². The number of rotatable bonds is 12. The van der Waals surface area contributed by atoms with Gasteiger partial charge in [-0.05, 0) is 0 Å². The van der Waals surface area contributed by atoms with Gasteiger partial charge in [0.2, 0.25) is 0 Å². The van der Waals surface area contributed by atoms with Crippen LogP contribution in [0.1, 0.15) is 34.2 Å². The zero-order valence-electron chi connectivity index (χ0n) is 24.4. The molecule has 0 bridgehead atoms. The number of benzene rings is 5. The van der Waals surface area contributed by atoms with Crippen LogP contribution in [-0.4, -0.2) is 30.5 Å². The van der Waals surface area contributed by atoms with E-state index in [1.54, 1.807) is 7.11 Å². The minimum atomic E-state index is -1.48. The fourth-order valence-corrected chi connectivity index (χ4v) is 9.47. The molecule has 220 valence electrons. The van der Waals surface area contributed by atoms with Crippen LogP contribution in [-0.2, 0) is 21.8 Å². The average molecular weight is 673 g/mol. The first-order valence-electron chi connectivity index (χ1n) is 14.1. The SMILES string of the molecule is COc1ccc([C@H](NS(=O)c2ccc(C)cc2)[C@@H](C[Se]c2ccccc2)c2ccccc2S(=O)c2ccc(C)cc2)cc1. The molecule has 5 rings (SSSR count). The fourth-order valence-electron chi connectivity index (χ4n) is 4.85. The molecule has 1 N–H and O–H groups in total. The summed E-state index contributed by atoms with van der Waals surface area (Å²) in [4.78, 5) is 2.26. The quantitative estimate of drug-likeness (QED) is 0.145. The second-order valence-electron chi connectivity index (χ2n) is 10.3. The zero-order chi connectivity index (χ0) is 30.2. The van der Waals surface area contributed by atoms with Gasteiger partial charge < -0.3 is 0 Å². The summed E-state index contributed by atoms with van der Waals surface area (Å²) < 4.78 is 38.2. The Balaban J connectivity index is 1.61. The number of aryl methyl sites for hydroxylation is 2. The maximum absolute atomic E-state index is 14.1. The summed E-state index contributed by atoms with van der Waals surface area (Å²) in [7, 11) is -1.21. The van der Waals surface area contributed by atoms with Crippen molar-refractivity contribution in [1.82, 2.24) is 4.72 Å². The Kier molecular flexibility index (Phi) is 10.8. The summed E-state index contributed by atoms with van der Waals surface area (Å²) >= 11 is 0.113. The molecule has 0 aromatic heterocycles. The van der Waals surface area contributed by atoms with Gasteiger partial charge in [0.1, 0.15) is 0 Å². The molecule has 0 amide bonds. The Bertz CT molecular complexity index is 1680. The predicted molar refractivity (Wildman–Crippen MR) is 178 cm³/mol. The van der Waals surface area contributed by atoms with Crippen LogP contribution in [0.4, 0.5) is 0 Å². The standard InChI is InChI=1S/C36H35NO3S2Se/c1-26-13-21-30(22-14-26)41(38)35-12-8-7-11-33(35)34(25-43-32-9-5-4-6-10-32)36(28-17-19-29(40-3)20-18-28)37-42(39)31-23-15-27(2)16-24-31/h4-24,34,36-37H,25H2,1-3H3/t34-,36-,41?,42?/m0/s1. The molecule has 0 radical (unpaired) electrons. The summed E-state index contributed by atoms with van der Waals surface area (Å²) in [5, 5.41) is 0.813. The molecule has 0 spiro atoms. The molecular weight excluding hydrogens is 637 g/mol. The monoisotopic (exact) mass is 673 g/mol. The summed E-state index contributed by atoms with van der Waals surface area (Å²) in [6.07, 6.45) is 0. The van der Waals surface area contributed by atoms with Crippen molar-refractivity contribution in [3.63, 3.8) is 0 Å². The first-order chi connectivity index (χ1) is 20.9. The first kappa shape index (κ1) is 31.1. The van der Waals surface area contributed by atoms with E-state index in [0.717, 1.165) is 43.1 Å². The van der Waals surface area contributed by atoms with Gasteiger partial charge >= 0.3 is 267 Å². The van der Waals surface area contributed by atoms with Crippen molar-refractivity contribution in [2.45, 2.75) is 45.8 Å². The number of nitrogens with one attached hydrogen (secondary N) is 1. The Morgan fingerprint density at radius 2 is 1.28 bits per heavy atom. The van der Waals surface area contributed by atoms with E-state index < -0.39 is 21.8 Å². The van der Waals surface area contributed by atoms with Gasteiger partial charge in [0, 0.05) is 0 Å². The van der Waals surface area contributed by atoms with Gasteiger partial charge in [-0.1, -0.05) is 0 Å². The van der Waals surface area contributed by atoms with Crippen molar-refractivity contribution >= 4 is 41.2 Å². The molecule has 5 aromatic rings. The molecule has 0 aliphatic carbocycles. The normalized spacial score (nSPS) is 14.0. The summed E-state index contributed by atoms with van der Waals surface area (Å²) in [5.74, 6) is 0.640. The number of hydrogen-bond acceptors (Lipinski definition) is 3. The summed E-state index contributed by atoms with van der Waals surface area (Å²) in [5.41, 5.74) is 4.22. The maximum atomic E-state index is 14.1. The Hall–Kier alpha value is -3.32. The molecular formula is C36H35NO3S2Se. The summed E-state index contributed by atoms with van der Waals surface area (Å²) in [6, 6.07) is 41.8. The van der Waals surface area contributed by atoms with Crippen molar-refractivity contribution in [2.75, 3.05) is 7.11 Å². The van der Waals surface area contributed by atoms with Crippen LogP contribution in [0.3, 0.4) is 0 Å². The number of methoxy groups -OCH3 is 1. The van der Waals surface area contributed by atoms with E-state index in [1.165, 1.54) is 4.46 Å². The van der Waals surface area contributed by atoms with E-state index in [1.807, 2.05) is 111 Å². The molecule has 0 aliphatic heterocycles. The van der Waals surface area contributed by atoms with Crippen molar-refractivity contribution in [3.8, 4) is 5.75 Å². The fraction of sp³-hybridized carbons (Fsp3) is 0.167. The zero-order valence-corrected chi connectivity index (χ0v) is 27.8. The molecule has 0 saturated heterocycles. The third kappa shape index (κ3) is 7.99.